The summed E-state index contributed by atoms with van der Waals surface area (Å²) in [6.07, 6.45) is 5.06. The van der Waals surface area contributed by atoms with Crippen molar-refractivity contribution in [1.29, 1.82) is 0 Å². The molecule has 1 aliphatic rings. The molecule has 1 aromatic heterocycles. The monoisotopic (exact) mass is 221 g/mol. The number of aromatic nitrogens is 2. The van der Waals surface area contributed by atoms with Crippen molar-refractivity contribution < 1.29 is 4.79 Å². The number of carbonyl (C=O) groups is 1. The number of aryl methyl sites for hydroxylation is 2. The second-order valence-electron chi connectivity index (χ2n) is 4.63. The number of hydrogen-bond donors (Lipinski definition) is 1. The molecular formula is C12H19N3O. The van der Waals surface area contributed by atoms with Gasteiger partial charge in [0.1, 0.15) is 11.6 Å². The van der Waals surface area contributed by atoms with E-state index in [9.17, 15) is 4.79 Å². The highest BCUT2D eigenvalue weighted by Gasteiger charge is 2.28. The molecular weight excluding hydrogens is 202 g/mol. The highest BCUT2D eigenvalue weighted by Crippen LogP contribution is 2.18. The minimum Gasteiger partial charge on any atom is -0.338 e. The Hall–Kier alpha value is -1.16. The lowest BCUT2D eigenvalue weighted by molar-refractivity contribution is -0.124. The van der Waals surface area contributed by atoms with Crippen molar-refractivity contribution in [3.8, 4) is 0 Å². The van der Waals surface area contributed by atoms with E-state index in [1.165, 1.54) is 0 Å². The molecule has 16 heavy (non-hydrogen) atoms. The maximum Gasteiger partial charge on any atom is 0.136 e. The van der Waals surface area contributed by atoms with Crippen molar-refractivity contribution in [3.05, 3.63) is 18.2 Å². The molecule has 0 radical (unpaired) electrons. The number of Topliss-reactive ketones (excluding diaryl/α,β-unsaturated/α-hetero) is 1. The summed E-state index contributed by atoms with van der Waals surface area (Å²) in [6, 6.07) is 0. The van der Waals surface area contributed by atoms with Gasteiger partial charge in [-0.1, -0.05) is 6.92 Å². The second kappa shape index (κ2) is 4.78. The summed E-state index contributed by atoms with van der Waals surface area (Å²) in [4.78, 5) is 16.1. The third-order valence-electron chi connectivity index (χ3n) is 3.54. The smallest absolute Gasteiger partial charge is 0.136 e. The Kier molecular flexibility index (Phi) is 3.39. The largest absolute Gasteiger partial charge is 0.338 e. The van der Waals surface area contributed by atoms with Gasteiger partial charge in [0.15, 0.2) is 0 Å². The van der Waals surface area contributed by atoms with Crippen LogP contribution in [0.4, 0.5) is 0 Å². The fourth-order valence-electron chi connectivity index (χ4n) is 2.03. The Morgan fingerprint density at radius 3 is 2.94 bits per heavy atom. The van der Waals surface area contributed by atoms with Crippen molar-refractivity contribution in [2.45, 2.75) is 19.8 Å². The van der Waals surface area contributed by atoms with E-state index < -0.39 is 0 Å². The molecule has 0 saturated carbocycles. The third-order valence-corrected chi connectivity index (χ3v) is 3.54. The first-order chi connectivity index (χ1) is 7.68. The maximum atomic E-state index is 11.9. The standard InChI is InChI=1S/C12H19N3O/c1-9(10-7-13-8-10)11(16)3-4-12-14-5-6-15(12)2/h5-6,9-10,13H,3-4,7-8H2,1-2H3. The topological polar surface area (TPSA) is 46.9 Å². The number of carbonyl (C=O) groups excluding carboxylic acids is 1. The van der Waals surface area contributed by atoms with Gasteiger partial charge < -0.3 is 9.88 Å². The van der Waals surface area contributed by atoms with E-state index in [0.717, 1.165) is 25.3 Å². The zero-order valence-corrected chi connectivity index (χ0v) is 9.94. The molecule has 0 bridgehead atoms. The normalized spacial score (nSPS) is 18.1. The van der Waals surface area contributed by atoms with Crippen LogP contribution in [0.2, 0.25) is 0 Å². The first-order valence-electron chi connectivity index (χ1n) is 5.88. The summed E-state index contributed by atoms with van der Waals surface area (Å²) in [5.41, 5.74) is 0. The van der Waals surface area contributed by atoms with Gasteiger partial charge in [0.05, 0.1) is 0 Å². The highest BCUT2D eigenvalue weighted by atomic mass is 16.1. The predicted molar refractivity (Wildman–Crippen MR) is 62.1 cm³/mol. The van der Waals surface area contributed by atoms with E-state index >= 15 is 0 Å². The summed E-state index contributed by atoms with van der Waals surface area (Å²) >= 11 is 0. The molecule has 0 aromatic carbocycles. The Balaban J connectivity index is 1.81. The van der Waals surface area contributed by atoms with Crippen LogP contribution in [-0.4, -0.2) is 28.4 Å². The number of imidazole rings is 1. The molecule has 0 aliphatic carbocycles. The number of nitrogens with zero attached hydrogens (tertiary/aromatic N) is 2. The van der Waals surface area contributed by atoms with Crippen LogP contribution in [-0.2, 0) is 18.3 Å². The predicted octanol–water partition coefficient (Wildman–Crippen LogP) is 0.777. The van der Waals surface area contributed by atoms with Crippen LogP contribution in [0, 0.1) is 11.8 Å². The molecule has 1 atom stereocenters. The number of rotatable bonds is 5. The summed E-state index contributed by atoms with van der Waals surface area (Å²) in [7, 11) is 1.96. The molecule has 1 aromatic rings. The quantitative estimate of drug-likeness (QED) is 0.799. The first-order valence-corrected chi connectivity index (χ1v) is 5.88. The van der Waals surface area contributed by atoms with Gasteiger partial charge in [-0.3, -0.25) is 4.79 Å². The van der Waals surface area contributed by atoms with Crippen LogP contribution >= 0.6 is 0 Å². The average Bonchev–Trinajstić information content (AvgIpc) is 2.57. The summed E-state index contributed by atoms with van der Waals surface area (Å²) in [5, 5.41) is 3.21. The van der Waals surface area contributed by atoms with Crippen molar-refractivity contribution in [1.82, 2.24) is 14.9 Å². The highest BCUT2D eigenvalue weighted by molar-refractivity contribution is 5.81. The fraction of sp³-hybridized carbons (Fsp3) is 0.667. The van der Waals surface area contributed by atoms with E-state index in [1.54, 1.807) is 6.20 Å². The van der Waals surface area contributed by atoms with Gasteiger partial charge in [-0.25, -0.2) is 4.98 Å². The Morgan fingerprint density at radius 2 is 2.44 bits per heavy atom. The number of nitrogens with one attached hydrogen (secondary N) is 1. The van der Waals surface area contributed by atoms with Crippen molar-refractivity contribution in [2.24, 2.45) is 18.9 Å². The zero-order chi connectivity index (χ0) is 11.5. The van der Waals surface area contributed by atoms with Gasteiger partial charge in [-0.15, -0.1) is 0 Å². The Bertz CT molecular complexity index is 368. The minimum absolute atomic E-state index is 0.196. The lowest BCUT2D eigenvalue weighted by Gasteiger charge is -2.31. The van der Waals surface area contributed by atoms with Crippen molar-refractivity contribution in [2.75, 3.05) is 13.1 Å². The van der Waals surface area contributed by atoms with Gasteiger partial charge in [0.2, 0.25) is 0 Å². The molecule has 1 unspecified atom stereocenters. The molecule has 1 N–H and O–H groups in total. The van der Waals surface area contributed by atoms with E-state index in [2.05, 4.69) is 10.3 Å². The lowest BCUT2D eigenvalue weighted by Crippen LogP contribution is -2.47. The Labute approximate surface area is 96.1 Å². The molecule has 4 heteroatoms. The van der Waals surface area contributed by atoms with Crippen LogP contribution in [0.15, 0.2) is 12.4 Å². The number of ketones is 1. The third kappa shape index (κ3) is 2.32. The first kappa shape index (κ1) is 11.3. The summed E-state index contributed by atoms with van der Waals surface area (Å²) in [6.45, 7) is 4.04. The van der Waals surface area contributed by atoms with Crippen molar-refractivity contribution >= 4 is 5.78 Å². The molecule has 1 aliphatic heterocycles. The van der Waals surface area contributed by atoms with Crippen LogP contribution in [0.1, 0.15) is 19.2 Å². The van der Waals surface area contributed by atoms with E-state index in [1.807, 2.05) is 24.7 Å². The van der Waals surface area contributed by atoms with Gasteiger partial charge >= 0.3 is 0 Å². The summed E-state index contributed by atoms with van der Waals surface area (Å²) < 4.78 is 1.98. The molecule has 0 spiro atoms. The fourth-order valence-corrected chi connectivity index (χ4v) is 2.03. The Morgan fingerprint density at radius 1 is 1.69 bits per heavy atom. The van der Waals surface area contributed by atoms with E-state index in [0.29, 0.717) is 18.1 Å². The van der Waals surface area contributed by atoms with Crippen molar-refractivity contribution in [3.63, 3.8) is 0 Å². The molecule has 1 saturated heterocycles. The van der Waals surface area contributed by atoms with Gasteiger partial charge in [0.25, 0.3) is 0 Å². The van der Waals surface area contributed by atoms with Gasteiger partial charge in [0, 0.05) is 38.2 Å². The van der Waals surface area contributed by atoms with Gasteiger partial charge in [-0.05, 0) is 19.0 Å². The molecule has 4 nitrogen and oxygen atoms in total. The van der Waals surface area contributed by atoms with Crippen LogP contribution in [0.25, 0.3) is 0 Å². The van der Waals surface area contributed by atoms with E-state index in [-0.39, 0.29) is 5.92 Å². The van der Waals surface area contributed by atoms with Gasteiger partial charge in [-0.2, -0.15) is 0 Å². The van der Waals surface area contributed by atoms with Crippen LogP contribution < -0.4 is 5.32 Å². The average molecular weight is 221 g/mol. The second-order valence-corrected chi connectivity index (χ2v) is 4.63. The zero-order valence-electron chi connectivity index (χ0n) is 9.94. The van der Waals surface area contributed by atoms with Crippen LogP contribution in [0.5, 0.6) is 0 Å². The van der Waals surface area contributed by atoms with Crippen LogP contribution in [0.3, 0.4) is 0 Å². The molecule has 1 fully saturated rings. The maximum absolute atomic E-state index is 11.9. The number of hydrogen-bond acceptors (Lipinski definition) is 3. The molecule has 0 amide bonds. The lowest BCUT2D eigenvalue weighted by atomic mass is 9.84. The molecule has 2 heterocycles. The SMILES string of the molecule is CC(C(=O)CCc1nccn1C)C1CNC1. The molecule has 2 rings (SSSR count). The molecule has 88 valence electrons. The van der Waals surface area contributed by atoms with E-state index in [4.69, 9.17) is 0 Å². The summed E-state index contributed by atoms with van der Waals surface area (Å²) in [5.74, 6) is 2.11. The minimum atomic E-state index is 0.196.